The Balaban J connectivity index is 2.90. The van der Waals surface area contributed by atoms with Crippen LogP contribution in [-0.2, 0) is 16.8 Å². The number of phenols is 1. The first-order valence-corrected chi connectivity index (χ1v) is 8.77. The van der Waals surface area contributed by atoms with Crippen LogP contribution in [0.5, 0.6) is 5.75 Å². The molecule has 6 nitrogen and oxygen atoms in total. The molecule has 1 aromatic carbocycles. The van der Waals surface area contributed by atoms with Gasteiger partial charge in [0.1, 0.15) is 5.75 Å². The summed E-state index contributed by atoms with van der Waals surface area (Å²) in [6.45, 7) is 5.18. The number of hydrogen-bond donors (Lipinski definition) is 3. The molecule has 0 saturated heterocycles. The van der Waals surface area contributed by atoms with Crippen molar-refractivity contribution in [3.8, 4) is 5.75 Å². The van der Waals surface area contributed by atoms with Gasteiger partial charge in [-0.15, -0.1) is 3.89 Å². The zero-order valence-corrected chi connectivity index (χ0v) is 14.3. The molecule has 0 bridgehead atoms. The molecule has 0 radical (unpaired) electrons. The SMILES string of the molecule is CC(C)(C)N(CCS(=O)(=O)F)CC(O)c1ccc(O)c(CO)c1. The second-order valence-electron chi connectivity index (χ2n) is 6.42. The summed E-state index contributed by atoms with van der Waals surface area (Å²) < 4.78 is 34.2. The Morgan fingerprint density at radius 2 is 1.91 bits per heavy atom. The molecule has 8 heteroatoms. The van der Waals surface area contributed by atoms with Gasteiger partial charge in [-0.25, -0.2) is 0 Å². The van der Waals surface area contributed by atoms with Crippen molar-refractivity contribution in [1.29, 1.82) is 0 Å². The summed E-state index contributed by atoms with van der Waals surface area (Å²) in [5, 5.41) is 29.0. The van der Waals surface area contributed by atoms with E-state index in [9.17, 15) is 22.5 Å². The first-order chi connectivity index (χ1) is 10.4. The highest BCUT2D eigenvalue weighted by molar-refractivity contribution is 7.86. The van der Waals surface area contributed by atoms with E-state index in [0.717, 1.165) is 0 Å². The van der Waals surface area contributed by atoms with Gasteiger partial charge in [0.15, 0.2) is 0 Å². The normalized spacial score (nSPS) is 14.2. The molecular weight excluding hydrogens is 325 g/mol. The van der Waals surface area contributed by atoms with Crippen molar-refractivity contribution < 1.29 is 27.6 Å². The molecule has 0 aliphatic heterocycles. The maximum absolute atomic E-state index is 12.8. The van der Waals surface area contributed by atoms with Gasteiger partial charge in [0.25, 0.3) is 0 Å². The fourth-order valence-electron chi connectivity index (χ4n) is 2.17. The number of benzene rings is 1. The van der Waals surface area contributed by atoms with Crippen molar-refractivity contribution in [1.82, 2.24) is 4.90 Å². The molecule has 1 unspecified atom stereocenters. The highest BCUT2D eigenvalue weighted by Crippen LogP contribution is 2.25. The van der Waals surface area contributed by atoms with Crippen molar-refractivity contribution in [2.45, 2.75) is 39.0 Å². The molecule has 0 saturated carbocycles. The largest absolute Gasteiger partial charge is 0.508 e. The van der Waals surface area contributed by atoms with Gasteiger partial charge in [-0.2, -0.15) is 8.42 Å². The summed E-state index contributed by atoms with van der Waals surface area (Å²) in [6.07, 6.45) is -0.970. The van der Waals surface area contributed by atoms with E-state index in [0.29, 0.717) is 5.56 Å². The summed E-state index contributed by atoms with van der Waals surface area (Å²) in [5.41, 5.74) is 0.293. The average molecular weight is 349 g/mol. The first kappa shape index (κ1) is 19.8. The second-order valence-corrected chi connectivity index (χ2v) is 7.91. The van der Waals surface area contributed by atoms with Crippen molar-refractivity contribution in [2.75, 3.05) is 18.8 Å². The maximum Gasteiger partial charge on any atom is 0.303 e. The van der Waals surface area contributed by atoms with E-state index >= 15 is 0 Å². The van der Waals surface area contributed by atoms with Crippen LogP contribution < -0.4 is 0 Å². The lowest BCUT2D eigenvalue weighted by molar-refractivity contribution is 0.0628. The Bertz CT molecular complexity index is 627. The van der Waals surface area contributed by atoms with E-state index in [1.54, 1.807) is 4.90 Å². The van der Waals surface area contributed by atoms with Crippen molar-refractivity contribution in [2.24, 2.45) is 0 Å². The predicted octanol–water partition coefficient (Wildman–Crippen LogP) is 1.32. The Morgan fingerprint density at radius 1 is 1.30 bits per heavy atom. The van der Waals surface area contributed by atoms with Crippen LogP contribution in [0.1, 0.15) is 38.0 Å². The Labute approximate surface area is 136 Å². The molecular formula is C15H24FNO5S. The molecule has 132 valence electrons. The van der Waals surface area contributed by atoms with Gasteiger partial charge in [-0.1, -0.05) is 6.07 Å². The van der Waals surface area contributed by atoms with E-state index in [2.05, 4.69) is 0 Å². The van der Waals surface area contributed by atoms with Crippen LogP contribution in [0, 0.1) is 0 Å². The molecule has 3 N–H and O–H groups in total. The number of β-amino-alcohol motifs (C(OH)–C–C–N with tert-alkyl or cyclic N) is 1. The van der Waals surface area contributed by atoms with E-state index in [-0.39, 0.29) is 31.0 Å². The van der Waals surface area contributed by atoms with Crippen LogP contribution in [-0.4, -0.2) is 53.0 Å². The summed E-state index contributed by atoms with van der Waals surface area (Å²) >= 11 is 0. The maximum atomic E-state index is 12.8. The van der Waals surface area contributed by atoms with Crippen LogP contribution in [0.3, 0.4) is 0 Å². The van der Waals surface area contributed by atoms with E-state index in [1.165, 1.54) is 18.2 Å². The van der Waals surface area contributed by atoms with Gasteiger partial charge < -0.3 is 15.3 Å². The lowest BCUT2D eigenvalue weighted by Gasteiger charge is -2.36. The molecule has 0 aliphatic rings. The number of aromatic hydroxyl groups is 1. The lowest BCUT2D eigenvalue weighted by atomic mass is 10.0. The first-order valence-electron chi connectivity index (χ1n) is 7.22. The standard InChI is InChI=1S/C15H24FNO5S/c1-15(2,3)17(6-7-23(16,21)22)9-14(20)11-4-5-13(19)12(8-11)10-18/h4-5,8,14,18-20H,6-7,9-10H2,1-3H3. The van der Waals surface area contributed by atoms with Crippen LogP contribution in [0.15, 0.2) is 18.2 Å². The fraction of sp³-hybridized carbons (Fsp3) is 0.600. The number of hydrogen-bond acceptors (Lipinski definition) is 6. The molecule has 0 spiro atoms. The number of halogens is 1. The third-order valence-corrected chi connectivity index (χ3v) is 4.28. The van der Waals surface area contributed by atoms with Crippen molar-refractivity contribution in [3.63, 3.8) is 0 Å². The fourth-order valence-corrected chi connectivity index (χ4v) is 2.61. The second kappa shape index (κ2) is 7.57. The number of rotatable bonds is 7. The highest BCUT2D eigenvalue weighted by Gasteiger charge is 2.26. The lowest BCUT2D eigenvalue weighted by Crippen LogP contribution is -2.45. The van der Waals surface area contributed by atoms with Crippen LogP contribution >= 0.6 is 0 Å². The van der Waals surface area contributed by atoms with E-state index < -0.39 is 27.6 Å². The minimum atomic E-state index is -4.59. The van der Waals surface area contributed by atoms with E-state index in [1.807, 2.05) is 20.8 Å². The number of aliphatic hydroxyl groups excluding tert-OH is 2. The van der Waals surface area contributed by atoms with Gasteiger partial charge in [0, 0.05) is 24.2 Å². The summed E-state index contributed by atoms with van der Waals surface area (Å²) in [4.78, 5) is 1.67. The molecule has 1 rings (SSSR count). The third kappa shape index (κ3) is 6.42. The molecule has 0 aliphatic carbocycles. The molecule has 1 aromatic rings. The summed E-state index contributed by atoms with van der Waals surface area (Å²) in [5.74, 6) is -0.714. The van der Waals surface area contributed by atoms with Gasteiger partial charge in [-0.05, 0) is 38.5 Å². The topological polar surface area (TPSA) is 98.1 Å². The van der Waals surface area contributed by atoms with Gasteiger partial charge >= 0.3 is 10.2 Å². The highest BCUT2D eigenvalue weighted by atomic mass is 32.3. The van der Waals surface area contributed by atoms with E-state index in [4.69, 9.17) is 5.11 Å². The number of aliphatic hydroxyl groups is 2. The smallest absolute Gasteiger partial charge is 0.303 e. The zero-order valence-electron chi connectivity index (χ0n) is 13.5. The van der Waals surface area contributed by atoms with Gasteiger partial charge in [0.2, 0.25) is 0 Å². The zero-order chi connectivity index (χ0) is 17.8. The molecule has 23 heavy (non-hydrogen) atoms. The monoisotopic (exact) mass is 349 g/mol. The van der Waals surface area contributed by atoms with Crippen molar-refractivity contribution >= 4 is 10.2 Å². The molecule has 0 amide bonds. The molecule has 0 heterocycles. The molecule has 1 atom stereocenters. The third-order valence-electron chi connectivity index (χ3n) is 3.61. The predicted molar refractivity (Wildman–Crippen MR) is 85.2 cm³/mol. The van der Waals surface area contributed by atoms with Crippen molar-refractivity contribution in [3.05, 3.63) is 29.3 Å². The van der Waals surface area contributed by atoms with Gasteiger partial charge in [0.05, 0.1) is 18.5 Å². The summed E-state index contributed by atoms with van der Waals surface area (Å²) in [7, 11) is -4.59. The molecule has 0 aromatic heterocycles. The quantitative estimate of drug-likeness (QED) is 0.642. The Hall–Kier alpha value is -1.22. The molecule has 0 fully saturated rings. The minimum absolute atomic E-state index is 0.0513. The number of nitrogens with zero attached hydrogens (tertiary/aromatic N) is 1. The minimum Gasteiger partial charge on any atom is -0.508 e. The Kier molecular flexibility index (Phi) is 6.52. The van der Waals surface area contributed by atoms with Crippen LogP contribution in [0.2, 0.25) is 0 Å². The average Bonchev–Trinajstić information content (AvgIpc) is 2.41. The van der Waals surface area contributed by atoms with Crippen LogP contribution in [0.25, 0.3) is 0 Å². The summed E-state index contributed by atoms with van der Waals surface area (Å²) in [6, 6.07) is 4.37. The van der Waals surface area contributed by atoms with Gasteiger partial charge in [-0.3, -0.25) is 4.90 Å². The van der Waals surface area contributed by atoms with Crippen LogP contribution in [0.4, 0.5) is 3.89 Å². The Morgan fingerprint density at radius 3 is 2.39 bits per heavy atom.